The van der Waals surface area contributed by atoms with Crippen LogP contribution in [0.25, 0.3) is 0 Å². The van der Waals surface area contributed by atoms with E-state index in [2.05, 4.69) is 12.2 Å². The smallest absolute Gasteiger partial charge is 0.122 e. The highest BCUT2D eigenvalue weighted by Crippen LogP contribution is 2.33. The highest BCUT2D eigenvalue weighted by molar-refractivity contribution is 5.44. The second-order valence-corrected chi connectivity index (χ2v) is 5.16. The molecule has 2 atom stereocenters. The molecule has 1 saturated heterocycles. The van der Waals surface area contributed by atoms with E-state index < -0.39 is 0 Å². The van der Waals surface area contributed by atoms with Crippen LogP contribution in [-0.2, 0) is 0 Å². The maximum Gasteiger partial charge on any atom is 0.122 e. The van der Waals surface area contributed by atoms with E-state index in [1.54, 1.807) is 7.11 Å². The van der Waals surface area contributed by atoms with E-state index in [1.165, 1.54) is 0 Å². The van der Waals surface area contributed by atoms with Crippen LogP contribution in [0.4, 0.5) is 0 Å². The van der Waals surface area contributed by atoms with Crippen LogP contribution >= 0.6 is 0 Å². The van der Waals surface area contributed by atoms with Crippen molar-refractivity contribution in [3.05, 3.63) is 28.8 Å². The number of hydrogen-bond donors (Lipinski definition) is 2. The van der Waals surface area contributed by atoms with Gasteiger partial charge in [-0.25, -0.2) is 0 Å². The lowest BCUT2D eigenvalue weighted by Crippen LogP contribution is -2.33. The summed E-state index contributed by atoms with van der Waals surface area (Å²) in [5.41, 5.74) is 3.31. The van der Waals surface area contributed by atoms with Crippen LogP contribution in [0.5, 0.6) is 5.75 Å². The molecule has 1 heterocycles. The van der Waals surface area contributed by atoms with Gasteiger partial charge in [-0.3, -0.25) is 0 Å². The van der Waals surface area contributed by atoms with Crippen LogP contribution < -0.4 is 10.1 Å². The third kappa shape index (κ3) is 2.52. The second-order valence-electron chi connectivity index (χ2n) is 5.16. The minimum atomic E-state index is -0.373. The van der Waals surface area contributed by atoms with Crippen LogP contribution in [0, 0.1) is 19.8 Å². The van der Waals surface area contributed by atoms with Crippen molar-refractivity contribution in [1.29, 1.82) is 0 Å². The largest absolute Gasteiger partial charge is 0.496 e. The van der Waals surface area contributed by atoms with Gasteiger partial charge in [0.15, 0.2) is 0 Å². The Bertz CT molecular complexity index is 411. The Balaban J connectivity index is 2.24. The molecule has 0 aliphatic carbocycles. The zero-order valence-corrected chi connectivity index (χ0v) is 11.5. The molecule has 1 aromatic carbocycles. The molecule has 0 amide bonds. The molecule has 100 valence electrons. The molecule has 3 nitrogen and oxygen atoms in total. The summed E-state index contributed by atoms with van der Waals surface area (Å²) in [6.45, 7) is 6.09. The normalized spacial score (nSPS) is 21.7. The summed E-state index contributed by atoms with van der Waals surface area (Å²) in [7, 11) is 1.68. The molecular formula is C15H23NO2. The minimum Gasteiger partial charge on any atom is -0.496 e. The number of rotatable bonds is 3. The van der Waals surface area contributed by atoms with Gasteiger partial charge in [0.05, 0.1) is 13.2 Å². The molecule has 0 radical (unpaired) electrons. The SMILES string of the molecule is COc1ccc(C(O)C2CCCNC2)c(C)c1C. The van der Waals surface area contributed by atoms with Gasteiger partial charge in [-0.05, 0) is 56.0 Å². The molecule has 1 aromatic rings. The van der Waals surface area contributed by atoms with Crippen LogP contribution in [0.15, 0.2) is 12.1 Å². The van der Waals surface area contributed by atoms with Crippen molar-refractivity contribution in [1.82, 2.24) is 5.32 Å². The lowest BCUT2D eigenvalue weighted by Gasteiger charge is -2.29. The van der Waals surface area contributed by atoms with Gasteiger partial charge in [0.25, 0.3) is 0 Å². The lowest BCUT2D eigenvalue weighted by molar-refractivity contribution is 0.0915. The maximum atomic E-state index is 10.5. The third-order valence-electron chi connectivity index (χ3n) is 4.10. The lowest BCUT2D eigenvalue weighted by atomic mass is 9.86. The standard InChI is InChI=1S/C15H23NO2/c1-10-11(2)14(18-3)7-6-13(10)15(17)12-5-4-8-16-9-12/h6-7,12,15-17H,4-5,8-9H2,1-3H3. The molecule has 18 heavy (non-hydrogen) atoms. The number of hydrogen-bond acceptors (Lipinski definition) is 3. The number of ether oxygens (including phenoxy) is 1. The highest BCUT2D eigenvalue weighted by Gasteiger charge is 2.24. The average molecular weight is 249 g/mol. The molecule has 0 saturated carbocycles. The number of methoxy groups -OCH3 is 1. The fraction of sp³-hybridized carbons (Fsp3) is 0.600. The highest BCUT2D eigenvalue weighted by atomic mass is 16.5. The van der Waals surface area contributed by atoms with Crippen molar-refractivity contribution in [2.24, 2.45) is 5.92 Å². The van der Waals surface area contributed by atoms with Gasteiger partial charge in [0, 0.05) is 12.5 Å². The molecule has 2 unspecified atom stereocenters. The molecule has 3 heteroatoms. The van der Waals surface area contributed by atoms with Crippen molar-refractivity contribution in [3.63, 3.8) is 0 Å². The summed E-state index contributed by atoms with van der Waals surface area (Å²) in [5, 5.41) is 13.9. The van der Waals surface area contributed by atoms with Gasteiger partial charge in [0.2, 0.25) is 0 Å². The van der Waals surface area contributed by atoms with E-state index >= 15 is 0 Å². The fourth-order valence-electron chi connectivity index (χ4n) is 2.76. The van der Waals surface area contributed by atoms with Crippen molar-refractivity contribution in [2.45, 2.75) is 32.8 Å². The first-order valence-corrected chi connectivity index (χ1v) is 6.68. The van der Waals surface area contributed by atoms with Gasteiger partial charge >= 0.3 is 0 Å². The topological polar surface area (TPSA) is 41.5 Å². The average Bonchev–Trinajstić information content (AvgIpc) is 2.42. The van der Waals surface area contributed by atoms with Crippen LogP contribution in [0.1, 0.15) is 35.6 Å². The van der Waals surface area contributed by atoms with E-state index in [4.69, 9.17) is 4.74 Å². The minimum absolute atomic E-state index is 0.324. The maximum absolute atomic E-state index is 10.5. The van der Waals surface area contributed by atoms with Gasteiger partial charge in [-0.1, -0.05) is 6.07 Å². The summed E-state index contributed by atoms with van der Waals surface area (Å²) in [4.78, 5) is 0. The monoisotopic (exact) mass is 249 g/mol. The summed E-state index contributed by atoms with van der Waals surface area (Å²) < 4.78 is 5.31. The Labute approximate surface area is 109 Å². The third-order valence-corrected chi connectivity index (χ3v) is 4.10. The Kier molecular flexibility index (Phi) is 4.25. The van der Waals surface area contributed by atoms with E-state index in [0.29, 0.717) is 5.92 Å². The van der Waals surface area contributed by atoms with Crippen LogP contribution in [0.3, 0.4) is 0 Å². The molecule has 1 aliphatic heterocycles. The summed E-state index contributed by atoms with van der Waals surface area (Å²) >= 11 is 0. The molecule has 0 spiro atoms. The Morgan fingerprint density at radius 2 is 2.11 bits per heavy atom. The molecule has 1 aliphatic rings. The Morgan fingerprint density at radius 1 is 1.33 bits per heavy atom. The zero-order valence-electron chi connectivity index (χ0n) is 11.5. The summed E-state index contributed by atoms with van der Waals surface area (Å²) in [6.07, 6.45) is 1.87. The number of benzene rings is 1. The van der Waals surface area contributed by atoms with Gasteiger partial charge in [-0.15, -0.1) is 0 Å². The van der Waals surface area contributed by atoms with E-state index in [0.717, 1.165) is 48.4 Å². The first-order valence-electron chi connectivity index (χ1n) is 6.68. The fourth-order valence-corrected chi connectivity index (χ4v) is 2.76. The quantitative estimate of drug-likeness (QED) is 0.864. The number of aliphatic hydroxyl groups excluding tert-OH is 1. The van der Waals surface area contributed by atoms with Gasteiger partial charge in [-0.2, -0.15) is 0 Å². The van der Waals surface area contributed by atoms with Gasteiger partial charge in [0.1, 0.15) is 5.75 Å². The summed E-state index contributed by atoms with van der Waals surface area (Å²) in [5.74, 6) is 1.22. The van der Waals surface area contributed by atoms with Crippen molar-refractivity contribution >= 4 is 0 Å². The van der Waals surface area contributed by atoms with Crippen molar-refractivity contribution in [2.75, 3.05) is 20.2 Å². The molecule has 1 fully saturated rings. The summed E-state index contributed by atoms with van der Waals surface area (Å²) in [6, 6.07) is 3.96. The molecule has 2 rings (SSSR count). The van der Waals surface area contributed by atoms with E-state index in [-0.39, 0.29) is 6.10 Å². The first kappa shape index (κ1) is 13.4. The Hall–Kier alpha value is -1.06. The first-order chi connectivity index (χ1) is 8.65. The van der Waals surface area contributed by atoms with Crippen LogP contribution in [0.2, 0.25) is 0 Å². The molecule has 0 bridgehead atoms. The predicted octanol–water partition coefficient (Wildman–Crippen LogP) is 2.35. The molecular weight excluding hydrogens is 226 g/mol. The van der Waals surface area contributed by atoms with E-state index in [9.17, 15) is 5.11 Å². The Morgan fingerprint density at radius 3 is 2.72 bits per heavy atom. The second kappa shape index (κ2) is 5.72. The molecule has 2 N–H and O–H groups in total. The van der Waals surface area contributed by atoms with Crippen LogP contribution in [-0.4, -0.2) is 25.3 Å². The number of nitrogens with one attached hydrogen (secondary N) is 1. The number of piperidine rings is 1. The predicted molar refractivity (Wildman–Crippen MR) is 73.0 cm³/mol. The number of aliphatic hydroxyl groups is 1. The van der Waals surface area contributed by atoms with Gasteiger partial charge < -0.3 is 15.2 Å². The van der Waals surface area contributed by atoms with E-state index in [1.807, 2.05) is 19.1 Å². The molecule has 0 aromatic heterocycles. The zero-order chi connectivity index (χ0) is 13.1. The van der Waals surface area contributed by atoms with Crippen molar-refractivity contribution in [3.8, 4) is 5.75 Å². The van der Waals surface area contributed by atoms with Crippen molar-refractivity contribution < 1.29 is 9.84 Å².